The normalized spacial score (nSPS) is 18.1. The van der Waals surface area contributed by atoms with Crippen LogP contribution in [0.4, 0.5) is 5.82 Å². The molecule has 0 N–H and O–H groups in total. The Morgan fingerprint density at radius 3 is 2.79 bits per heavy atom. The van der Waals surface area contributed by atoms with Gasteiger partial charge in [0, 0.05) is 13.1 Å². The molecule has 1 aliphatic rings. The second-order valence-electron chi connectivity index (χ2n) is 5.19. The molecule has 5 nitrogen and oxygen atoms in total. The molecule has 2 aromatic rings. The van der Waals surface area contributed by atoms with Gasteiger partial charge in [0.15, 0.2) is 5.65 Å². The molecule has 6 heteroatoms. The smallest absolute Gasteiger partial charge is 0.154 e. The molecule has 3 heterocycles. The Bertz CT molecular complexity index is 573. The number of likely N-dealkylation sites (tertiary alicyclic amines) is 1. The van der Waals surface area contributed by atoms with Crippen LogP contribution in [0.15, 0.2) is 22.9 Å². The van der Waals surface area contributed by atoms with Gasteiger partial charge in [0.2, 0.25) is 0 Å². The van der Waals surface area contributed by atoms with Crippen molar-refractivity contribution in [3.8, 4) is 0 Å². The van der Waals surface area contributed by atoms with E-state index in [1.165, 1.54) is 12.8 Å². The van der Waals surface area contributed by atoms with Crippen molar-refractivity contribution in [1.82, 2.24) is 19.5 Å². The van der Waals surface area contributed by atoms with Crippen molar-refractivity contribution < 1.29 is 0 Å². The van der Waals surface area contributed by atoms with Crippen molar-refractivity contribution in [3.63, 3.8) is 0 Å². The van der Waals surface area contributed by atoms with Crippen LogP contribution in [-0.2, 0) is 0 Å². The monoisotopic (exact) mass is 323 g/mol. The summed E-state index contributed by atoms with van der Waals surface area (Å²) in [7, 11) is 4.32. The first-order chi connectivity index (χ1) is 9.15. The van der Waals surface area contributed by atoms with Crippen molar-refractivity contribution >= 4 is 27.4 Å². The molecule has 0 aromatic carbocycles. The van der Waals surface area contributed by atoms with E-state index in [-0.39, 0.29) is 0 Å². The average Bonchev–Trinajstić information content (AvgIpc) is 2.80. The molecule has 0 unspecified atom stereocenters. The molecule has 1 aliphatic heterocycles. The van der Waals surface area contributed by atoms with E-state index in [9.17, 15) is 0 Å². The number of nitrogens with zero attached hydrogens (tertiary/aromatic N) is 5. The van der Waals surface area contributed by atoms with Gasteiger partial charge >= 0.3 is 0 Å². The molecule has 0 atom stereocenters. The maximum atomic E-state index is 4.65. The van der Waals surface area contributed by atoms with Crippen molar-refractivity contribution in [1.29, 1.82) is 0 Å². The zero-order valence-electron chi connectivity index (χ0n) is 11.3. The van der Waals surface area contributed by atoms with Gasteiger partial charge in [-0.15, -0.1) is 5.10 Å². The van der Waals surface area contributed by atoms with Crippen molar-refractivity contribution in [2.24, 2.45) is 0 Å². The summed E-state index contributed by atoms with van der Waals surface area (Å²) in [5.74, 6) is 1.00. The van der Waals surface area contributed by atoms with Crippen molar-refractivity contribution in [2.45, 2.75) is 18.9 Å². The fourth-order valence-electron chi connectivity index (χ4n) is 2.59. The van der Waals surface area contributed by atoms with Crippen LogP contribution in [0.1, 0.15) is 12.8 Å². The van der Waals surface area contributed by atoms with Crippen LogP contribution >= 0.6 is 15.9 Å². The fourth-order valence-corrected chi connectivity index (χ4v) is 2.96. The molecular weight excluding hydrogens is 306 g/mol. The lowest BCUT2D eigenvalue weighted by atomic mass is 10.0. The van der Waals surface area contributed by atoms with E-state index < -0.39 is 0 Å². The van der Waals surface area contributed by atoms with Crippen molar-refractivity contribution in [2.75, 3.05) is 32.1 Å². The first kappa shape index (κ1) is 12.9. The number of hydrogen-bond acceptors (Lipinski definition) is 4. The van der Waals surface area contributed by atoms with Gasteiger partial charge in [-0.25, -0.2) is 9.50 Å². The summed E-state index contributed by atoms with van der Waals surface area (Å²) in [4.78, 5) is 8.94. The molecule has 0 bridgehead atoms. The Morgan fingerprint density at radius 2 is 2.05 bits per heavy atom. The molecule has 1 fully saturated rings. The zero-order chi connectivity index (χ0) is 13.4. The third-order valence-electron chi connectivity index (χ3n) is 3.90. The maximum Gasteiger partial charge on any atom is 0.154 e. The molecule has 0 aliphatic carbocycles. The van der Waals surface area contributed by atoms with Gasteiger partial charge in [-0.1, -0.05) is 0 Å². The summed E-state index contributed by atoms with van der Waals surface area (Å²) in [6, 6.07) is 4.63. The number of aromatic nitrogens is 3. The lowest BCUT2D eigenvalue weighted by Crippen LogP contribution is -2.42. The third-order valence-corrected chi connectivity index (χ3v) is 4.44. The third kappa shape index (κ3) is 2.47. The number of hydrogen-bond donors (Lipinski definition) is 0. The topological polar surface area (TPSA) is 36.7 Å². The highest BCUT2D eigenvalue weighted by Crippen LogP contribution is 2.21. The van der Waals surface area contributed by atoms with E-state index in [4.69, 9.17) is 0 Å². The van der Waals surface area contributed by atoms with Gasteiger partial charge in [0.05, 0.1) is 6.20 Å². The molecule has 2 aromatic heterocycles. The van der Waals surface area contributed by atoms with Crippen LogP contribution in [0.5, 0.6) is 0 Å². The Morgan fingerprint density at radius 1 is 1.32 bits per heavy atom. The van der Waals surface area contributed by atoms with E-state index in [0.29, 0.717) is 6.04 Å². The van der Waals surface area contributed by atoms with Crippen LogP contribution < -0.4 is 4.90 Å². The summed E-state index contributed by atoms with van der Waals surface area (Å²) in [6.45, 7) is 2.32. The molecule has 0 spiro atoms. The van der Waals surface area contributed by atoms with Crippen LogP contribution in [0.3, 0.4) is 0 Å². The number of fused-ring (bicyclic) bond motifs is 1. The molecule has 1 saturated heterocycles. The van der Waals surface area contributed by atoms with Crippen LogP contribution in [-0.4, -0.2) is 52.7 Å². The molecule has 102 valence electrons. The minimum Gasteiger partial charge on any atom is -0.355 e. The second-order valence-corrected chi connectivity index (χ2v) is 6.00. The Kier molecular flexibility index (Phi) is 3.45. The SMILES string of the molecule is CN1CCC(N(C)c2ccc3ncc(Br)n3n2)CC1. The van der Waals surface area contributed by atoms with E-state index in [2.05, 4.69) is 49.9 Å². The van der Waals surface area contributed by atoms with Gasteiger partial charge in [-0.3, -0.25) is 0 Å². The second kappa shape index (κ2) is 5.09. The highest BCUT2D eigenvalue weighted by molar-refractivity contribution is 9.10. The lowest BCUT2D eigenvalue weighted by Gasteiger charge is -2.35. The first-order valence-corrected chi connectivity index (χ1v) is 7.36. The Hall–Kier alpha value is -1.14. The van der Waals surface area contributed by atoms with E-state index in [1.54, 1.807) is 6.20 Å². The van der Waals surface area contributed by atoms with Crippen molar-refractivity contribution in [3.05, 3.63) is 22.9 Å². The largest absolute Gasteiger partial charge is 0.355 e. The highest BCUT2D eigenvalue weighted by Gasteiger charge is 2.21. The number of rotatable bonds is 2. The van der Waals surface area contributed by atoms with Gasteiger partial charge < -0.3 is 9.80 Å². The summed E-state index contributed by atoms with van der Waals surface area (Å²) in [5.41, 5.74) is 0.868. The molecule has 0 saturated carbocycles. The van der Waals surface area contributed by atoms with Crippen LogP contribution in [0.2, 0.25) is 0 Å². The molecule has 19 heavy (non-hydrogen) atoms. The minimum absolute atomic E-state index is 0.573. The maximum absolute atomic E-state index is 4.65. The van der Waals surface area contributed by atoms with Crippen LogP contribution in [0, 0.1) is 0 Å². The zero-order valence-corrected chi connectivity index (χ0v) is 12.8. The highest BCUT2D eigenvalue weighted by atomic mass is 79.9. The van der Waals surface area contributed by atoms with Crippen LogP contribution in [0.25, 0.3) is 5.65 Å². The number of imidazole rings is 1. The Balaban J connectivity index is 1.84. The van der Waals surface area contributed by atoms with Gasteiger partial charge in [0.1, 0.15) is 10.4 Å². The predicted octanol–water partition coefficient (Wildman–Crippen LogP) is 2.02. The van der Waals surface area contributed by atoms with Gasteiger partial charge in [-0.2, -0.15) is 0 Å². The Labute approximate surface area is 121 Å². The summed E-state index contributed by atoms with van der Waals surface area (Å²) in [6.07, 6.45) is 4.16. The van der Waals surface area contributed by atoms with E-state index >= 15 is 0 Å². The number of halogens is 1. The first-order valence-electron chi connectivity index (χ1n) is 6.57. The van der Waals surface area contributed by atoms with E-state index in [0.717, 1.165) is 29.2 Å². The number of anilines is 1. The summed E-state index contributed by atoms with van der Waals surface area (Å²) < 4.78 is 2.72. The minimum atomic E-state index is 0.573. The van der Waals surface area contributed by atoms with Gasteiger partial charge in [0.25, 0.3) is 0 Å². The molecule has 0 amide bonds. The lowest BCUT2D eigenvalue weighted by molar-refractivity contribution is 0.252. The number of piperidine rings is 1. The summed E-state index contributed by atoms with van der Waals surface area (Å²) in [5, 5.41) is 4.65. The fraction of sp³-hybridized carbons (Fsp3) is 0.538. The quantitative estimate of drug-likeness (QED) is 0.847. The molecule has 3 rings (SSSR count). The predicted molar refractivity (Wildman–Crippen MR) is 79.6 cm³/mol. The summed E-state index contributed by atoms with van der Waals surface area (Å²) >= 11 is 3.47. The average molecular weight is 324 g/mol. The molecule has 0 radical (unpaired) electrons. The van der Waals surface area contributed by atoms with Gasteiger partial charge in [-0.05, 0) is 61.0 Å². The standard InChI is InChI=1S/C13H18BrN5/c1-17-7-5-10(6-8-17)18(2)13-4-3-12-15-9-11(14)19(12)16-13/h3-4,9-10H,5-8H2,1-2H3. The van der Waals surface area contributed by atoms with E-state index in [1.807, 2.05) is 16.6 Å². The molecular formula is C13H18BrN5.